The molecule has 3 atom stereocenters. The maximum Gasteiger partial charge on any atom is 0.316 e. The third kappa shape index (κ3) is 32.2. The van der Waals surface area contributed by atoms with Crippen molar-refractivity contribution in [2.24, 2.45) is 0 Å². The van der Waals surface area contributed by atoms with E-state index in [0.29, 0.717) is 0 Å². The maximum atomic E-state index is 9.90. The van der Waals surface area contributed by atoms with Crippen LogP contribution in [0, 0.1) is 0 Å². The molecule has 0 aliphatic carbocycles. The minimum Gasteiger partial charge on any atom is -0.481 e. The Morgan fingerprint density at radius 1 is 0.483 bits per heavy atom. The summed E-state index contributed by atoms with van der Waals surface area (Å²) in [5.41, 5.74) is 0. The van der Waals surface area contributed by atoms with Crippen molar-refractivity contribution in [1.82, 2.24) is 0 Å². The number of rotatable bonds is 9. The molecule has 0 rings (SSSR count). The molecule has 17 heteroatoms. The monoisotopic (exact) mass is 844 g/mol. The molecule has 178 valence electrons. The summed E-state index contributed by atoms with van der Waals surface area (Å²) in [6.07, 6.45) is -1.34. The largest absolute Gasteiger partial charge is 0.481 e. The van der Waals surface area contributed by atoms with Crippen molar-refractivity contribution < 1.29 is 104 Å². The molecular formula is C12H18Au2O12S3. The van der Waals surface area contributed by atoms with Crippen molar-refractivity contribution in [2.45, 2.75) is 35.0 Å². The van der Waals surface area contributed by atoms with Crippen LogP contribution in [0.5, 0.6) is 0 Å². The average molecular weight is 844 g/mol. The molecule has 0 amide bonds. The Labute approximate surface area is 211 Å². The molecule has 2 radical (unpaired) electrons. The van der Waals surface area contributed by atoms with Gasteiger partial charge in [0.1, 0.15) is 15.7 Å². The van der Waals surface area contributed by atoms with Gasteiger partial charge in [-0.3, -0.25) is 28.8 Å². The molecule has 0 aliphatic heterocycles. The number of carboxylic acid groups (broad SMARTS) is 6. The Balaban J connectivity index is -0.0000000960. The van der Waals surface area contributed by atoms with Crippen molar-refractivity contribution in [2.75, 3.05) is 0 Å². The number of carboxylic acids is 6. The van der Waals surface area contributed by atoms with Gasteiger partial charge in [-0.1, -0.05) is 0 Å². The number of hydrogen-bond acceptors (Lipinski definition) is 9. The van der Waals surface area contributed by atoms with Crippen molar-refractivity contribution in [1.29, 1.82) is 0 Å². The van der Waals surface area contributed by atoms with Crippen molar-refractivity contribution in [3.05, 3.63) is 0 Å². The summed E-state index contributed by atoms with van der Waals surface area (Å²) in [7, 11) is 0. The van der Waals surface area contributed by atoms with Crippen LogP contribution in [0.25, 0.3) is 0 Å². The first-order valence-corrected chi connectivity index (χ1v) is 8.04. The van der Waals surface area contributed by atoms with Crippen molar-refractivity contribution >= 4 is 73.7 Å². The minimum absolute atomic E-state index is 0. The van der Waals surface area contributed by atoms with Crippen molar-refractivity contribution in [3.63, 3.8) is 0 Å². The predicted molar refractivity (Wildman–Crippen MR) is 98.0 cm³/mol. The molecule has 6 N–H and O–H groups in total. The molecule has 12 nitrogen and oxygen atoms in total. The standard InChI is InChI=1S/3C4H6O4S.2Au/c3*5-3(6)1-2(9)4(7)8;;/h3*2,9H,1H2,(H,5,6)(H,7,8);;. The summed E-state index contributed by atoms with van der Waals surface area (Å²) in [6, 6.07) is 0. The molecule has 29 heavy (non-hydrogen) atoms. The van der Waals surface area contributed by atoms with Gasteiger partial charge >= 0.3 is 35.8 Å². The van der Waals surface area contributed by atoms with Gasteiger partial charge in [-0.2, -0.15) is 37.9 Å². The Kier molecular flexibility index (Phi) is 29.6. The van der Waals surface area contributed by atoms with Crippen LogP contribution in [0.15, 0.2) is 0 Å². The van der Waals surface area contributed by atoms with Crippen LogP contribution >= 0.6 is 37.9 Å². The molecule has 0 saturated carbocycles. The molecule has 0 aromatic heterocycles. The van der Waals surface area contributed by atoms with Crippen LogP contribution in [0.3, 0.4) is 0 Å². The van der Waals surface area contributed by atoms with E-state index in [1.165, 1.54) is 0 Å². The van der Waals surface area contributed by atoms with Gasteiger partial charge in [-0.15, -0.1) is 0 Å². The first-order valence-electron chi connectivity index (χ1n) is 6.49. The molecule has 0 saturated heterocycles. The Morgan fingerprint density at radius 3 is 0.655 bits per heavy atom. The smallest absolute Gasteiger partial charge is 0.316 e. The van der Waals surface area contributed by atoms with E-state index in [2.05, 4.69) is 37.9 Å². The van der Waals surface area contributed by atoms with E-state index in [1.807, 2.05) is 0 Å². The zero-order valence-corrected chi connectivity index (χ0v) is 20.9. The van der Waals surface area contributed by atoms with E-state index >= 15 is 0 Å². The second-order valence-corrected chi connectivity index (χ2v) is 6.23. The van der Waals surface area contributed by atoms with Crippen LogP contribution in [0.2, 0.25) is 0 Å². The normalized spacial score (nSPS) is 11.7. The van der Waals surface area contributed by atoms with Gasteiger partial charge in [0.15, 0.2) is 0 Å². The van der Waals surface area contributed by atoms with E-state index in [1.54, 1.807) is 0 Å². The van der Waals surface area contributed by atoms with E-state index in [0.717, 1.165) is 0 Å². The molecule has 0 heterocycles. The fourth-order valence-corrected chi connectivity index (χ4v) is 1.23. The van der Waals surface area contributed by atoms with E-state index in [-0.39, 0.29) is 44.8 Å². The third-order valence-electron chi connectivity index (χ3n) is 1.96. The first-order chi connectivity index (χ1) is 12.1. The van der Waals surface area contributed by atoms with Gasteiger partial charge in [0, 0.05) is 44.8 Å². The van der Waals surface area contributed by atoms with Gasteiger partial charge in [0.2, 0.25) is 0 Å². The second-order valence-electron chi connectivity index (χ2n) is 4.36. The zero-order valence-electron chi connectivity index (χ0n) is 13.9. The molecule has 0 aromatic carbocycles. The summed E-state index contributed by atoms with van der Waals surface area (Å²) < 4.78 is 0. The molecule has 0 aliphatic rings. The van der Waals surface area contributed by atoms with Gasteiger partial charge < -0.3 is 30.6 Å². The van der Waals surface area contributed by atoms with Crippen LogP contribution in [0.4, 0.5) is 0 Å². The number of thiol groups is 3. The predicted octanol–water partition coefficient (Wildman–Crippen LogP) is -0.473. The first kappa shape index (κ1) is 38.9. The Bertz CT molecular complexity index is 484. The summed E-state index contributed by atoms with van der Waals surface area (Å²) in [4.78, 5) is 59.1. The van der Waals surface area contributed by atoms with E-state index < -0.39 is 70.8 Å². The average Bonchev–Trinajstić information content (AvgIpc) is 2.46. The summed E-state index contributed by atoms with van der Waals surface area (Å²) in [5, 5.41) is 45.1. The quantitative estimate of drug-likeness (QED) is 0.106. The summed E-state index contributed by atoms with van der Waals surface area (Å²) in [5.74, 6) is -7.09. The number of hydrogen-bond donors (Lipinski definition) is 9. The number of carbonyl (C=O) groups is 6. The van der Waals surface area contributed by atoms with Crippen LogP contribution in [-0.2, 0) is 73.5 Å². The Morgan fingerprint density at radius 2 is 0.621 bits per heavy atom. The van der Waals surface area contributed by atoms with Gasteiger partial charge in [-0.25, -0.2) is 0 Å². The maximum absolute atomic E-state index is 9.90. The topological polar surface area (TPSA) is 224 Å². The molecular weight excluding hydrogens is 826 g/mol. The van der Waals surface area contributed by atoms with Gasteiger partial charge in [-0.05, 0) is 0 Å². The fraction of sp³-hybridized carbons (Fsp3) is 0.500. The van der Waals surface area contributed by atoms with Crippen LogP contribution in [0.1, 0.15) is 19.3 Å². The minimum atomic E-state index is -1.21. The summed E-state index contributed by atoms with van der Waals surface area (Å²) >= 11 is 10.5. The Hall–Kier alpha value is -0.649. The van der Waals surface area contributed by atoms with Crippen LogP contribution < -0.4 is 0 Å². The third-order valence-corrected chi connectivity index (χ3v) is 3.17. The molecule has 0 spiro atoms. The molecule has 0 aromatic rings. The molecule has 3 unspecified atom stereocenters. The van der Waals surface area contributed by atoms with E-state index in [4.69, 9.17) is 30.6 Å². The van der Waals surface area contributed by atoms with Gasteiger partial charge in [0.05, 0.1) is 19.3 Å². The summed E-state index contributed by atoms with van der Waals surface area (Å²) in [6.45, 7) is 0. The second kappa shape index (κ2) is 22.0. The van der Waals surface area contributed by atoms with Gasteiger partial charge in [0.25, 0.3) is 0 Å². The molecule has 0 bridgehead atoms. The zero-order chi connectivity index (χ0) is 22.3. The number of aliphatic carboxylic acids is 6. The fourth-order valence-electron chi connectivity index (χ4n) is 0.758. The molecule has 0 fully saturated rings. The van der Waals surface area contributed by atoms with E-state index in [9.17, 15) is 28.8 Å². The SMILES string of the molecule is O=C(O)CC(S)C(=O)O.O=C(O)CC(S)C(=O)O.O=C(O)CC(S)C(=O)O.[Au].[Au]. The van der Waals surface area contributed by atoms with Crippen LogP contribution in [-0.4, -0.2) is 82.2 Å². The van der Waals surface area contributed by atoms with Crippen molar-refractivity contribution in [3.8, 4) is 0 Å².